The number of oxazole rings is 1. The Bertz CT molecular complexity index is 1080. The van der Waals surface area contributed by atoms with Crippen molar-refractivity contribution in [1.29, 1.82) is 5.26 Å². The summed E-state index contributed by atoms with van der Waals surface area (Å²) in [6, 6.07) is 17.3. The minimum Gasteiger partial charge on any atom is -0.441 e. The molecule has 1 fully saturated rings. The van der Waals surface area contributed by atoms with Gasteiger partial charge in [-0.25, -0.2) is 4.98 Å². The lowest BCUT2D eigenvalue weighted by atomic mass is 10.1. The van der Waals surface area contributed by atoms with Gasteiger partial charge in [0.15, 0.2) is 11.7 Å². The molecule has 4 rings (SSSR count). The predicted molar refractivity (Wildman–Crippen MR) is 118 cm³/mol. The first-order valence-electron chi connectivity index (χ1n) is 10.3. The Hall–Kier alpha value is -3.14. The smallest absolute Gasteiger partial charge is 0.223 e. The maximum atomic E-state index is 12.6. The Morgan fingerprint density at radius 1 is 1.10 bits per heavy atom. The Morgan fingerprint density at radius 3 is 2.55 bits per heavy atom. The molecule has 1 saturated heterocycles. The molecule has 0 spiro atoms. The highest BCUT2D eigenvalue weighted by molar-refractivity contribution is 6.33. The van der Waals surface area contributed by atoms with Crippen LogP contribution in [-0.4, -0.2) is 46.9 Å². The molecule has 0 N–H and O–H groups in total. The van der Waals surface area contributed by atoms with Crippen LogP contribution in [-0.2, 0) is 17.8 Å². The van der Waals surface area contributed by atoms with Crippen LogP contribution in [0.5, 0.6) is 0 Å². The number of piperazine rings is 1. The Morgan fingerprint density at radius 2 is 1.84 bits per heavy atom. The van der Waals surface area contributed by atoms with E-state index in [9.17, 15) is 4.79 Å². The molecule has 31 heavy (non-hydrogen) atoms. The van der Waals surface area contributed by atoms with E-state index in [1.807, 2.05) is 53.4 Å². The lowest BCUT2D eigenvalue weighted by molar-refractivity contribution is -0.133. The average molecular weight is 435 g/mol. The third-order valence-corrected chi connectivity index (χ3v) is 5.79. The molecule has 1 aliphatic rings. The van der Waals surface area contributed by atoms with Gasteiger partial charge in [0, 0.05) is 51.1 Å². The summed E-state index contributed by atoms with van der Waals surface area (Å²) in [5.74, 6) is 1.28. The molecule has 0 atom stereocenters. The molecule has 3 aromatic rings. The van der Waals surface area contributed by atoms with Crippen LogP contribution in [0.15, 0.2) is 59.1 Å². The van der Waals surface area contributed by atoms with Crippen LogP contribution in [0.3, 0.4) is 0 Å². The molecular formula is C24H23ClN4O2. The molecular weight excluding hydrogens is 412 g/mol. The first-order chi connectivity index (χ1) is 15.1. The molecule has 0 aliphatic carbocycles. The van der Waals surface area contributed by atoms with E-state index in [1.165, 1.54) is 5.56 Å². The molecule has 6 nitrogen and oxygen atoms in total. The molecule has 7 heteroatoms. The van der Waals surface area contributed by atoms with E-state index < -0.39 is 0 Å². The third-order valence-electron chi connectivity index (χ3n) is 5.46. The SMILES string of the molecule is N#Cc1ccc(CN2CCN(C(=O)CCc3ncc(-c4ccccc4Cl)o3)CC2)cc1. The van der Waals surface area contributed by atoms with Gasteiger partial charge in [0.25, 0.3) is 0 Å². The van der Waals surface area contributed by atoms with Gasteiger partial charge in [-0.05, 0) is 29.8 Å². The molecule has 0 bridgehead atoms. The Kier molecular flexibility index (Phi) is 6.66. The van der Waals surface area contributed by atoms with Gasteiger partial charge in [-0.1, -0.05) is 35.9 Å². The van der Waals surface area contributed by atoms with Crippen molar-refractivity contribution in [3.63, 3.8) is 0 Å². The van der Waals surface area contributed by atoms with Crippen molar-refractivity contribution in [2.24, 2.45) is 0 Å². The van der Waals surface area contributed by atoms with Crippen molar-refractivity contribution in [2.45, 2.75) is 19.4 Å². The van der Waals surface area contributed by atoms with Crippen molar-refractivity contribution >= 4 is 17.5 Å². The summed E-state index contributed by atoms with van der Waals surface area (Å²) in [5, 5.41) is 9.51. The highest BCUT2D eigenvalue weighted by atomic mass is 35.5. The summed E-state index contributed by atoms with van der Waals surface area (Å²) < 4.78 is 5.79. The zero-order chi connectivity index (χ0) is 21.6. The number of carbonyl (C=O) groups excluding carboxylic acids is 1. The van der Waals surface area contributed by atoms with Crippen LogP contribution in [0.2, 0.25) is 5.02 Å². The Labute approximate surface area is 186 Å². The van der Waals surface area contributed by atoms with Crippen LogP contribution in [0.1, 0.15) is 23.4 Å². The third kappa shape index (κ3) is 5.32. The van der Waals surface area contributed by atoms with Crippen LogP contribution in [0.4, 0.5) is 0 Å². The minimum atomic E-state index is 0.121. The van der Waals surface area contributed by atoms with Gasteiger partial charge in [0.2, 0.25) is 5.91 Å². The quantitative estimate of drug-likeness (QED) is 0.582. The van der Waals surface area contributed by atoms with E-state index in [4.69, 9.17) is 21.3 Å². The van der Waals surface area contributed by atoms with Gasteiger partial charge in [0.05, 0.1) is 22.9 Å². The number of amides is 1. The molecule has 1 aromatic heterocycles. The normalized spacial score (nSPS) is 14.4. The van der Waals surface area contributed by atoms with Crippen LogP contribution >= 0.6 is 11.6 Å². The van der Waals surface area contributed by atoms with Crippen molar-refractivity contribution < 1.29 is 9.21 Å². The summed E-state index contributed by atoms with van der Waals surface area (Å²) in [4.78, 5) is 21.2. The number of aromatic nitrogens is 1. The molecule has 158 valence electrons. The number of carbonyl (C=O) groups is 1. The van der Waals surface area contributed by atoms with Gasteiger partial charge in [-0.15, -0.1) is 0 Å². The summed E-state index contributed by atoms with van der Waals surface area (Å²) in [5.41, 5.74) is 2.65. The van der Waals surface area contributed by atoms with Gasteiger partial charge in [-0.2, -0.15) is 5.26 Å². The number of halogens is 1. The first-order valence-corrected chi connectivity index (χ1v) is 10.7. The first kappa shape index (κ1) is 21.1. The maximum Gasteiger partial charge on any atom is 0.223 e. The number of aryl methyl sites for hydroxylation is 1. The number of nitrogens with zero attached hydrogens (tertiary/aromatic N) is 4. The van der Waals surface area contributed by atoms with Crippen LogP contribution < -0.4 is 0 Å². The summed E-state index contributed by atoms with van der Waals surface area (Å²) in [6.07, 6.45) is 2.50. The summed E-state index contributed by atoms with van der Waals surface area (Å²) in [6.45, 7) is 3.93. The second kappa shape index (κ2) is 9.78. The standard InChI is InChI=1S/C24H23ClN4O2/c25-21-4-2-1-3-20(21)22-16-27-23(31-22)9-10-24(30)29-13-11-28(12-14-29)17-19-7-5-18(15-26)6-8-19/h1-8,16H,9-14,17H2. The molecule has 1 amide bonds. The molecule has 2 aromatic carbocycles. The molecule has 2 heterocycles. The van der Waals surface area contributed by atoms with Crippen molar-refractivity contribution in [1.82, 2.24) is 14.8 Å². The van der Waals surface area contributed by atoms with Crippen molar-refractivity contribution in [3.8, 4) is 17.4 Å². The minimum absolute atomic E-state index is 0.121. The van der Waals surface area contributed by atoms with Crippen LogP contribution in [0, 0.1) is 11.3 Å². The Balaban J connectivity index is 1.24. The van der Waals surface area contributed by atoms with Gasteiger partial charge < -0.3 is 9.32 Å². The van der Waals surface area contributed by atoms with E-state index in [0.29, 0.717) is 48.2 Å². The second-order valence-corrected chi connectivity index (χ2v) is 7.97. The van der Waals surface area contributed by atoms with E-state index >= 15 is 0 Å². The fourth-order valence-corrected chi connectivity index (χ4v) is 3.91. The van der Waals surface area contributed by atoms with Crippen molar-refractivity contribution in [2.75, 3.05) is 26.2 Å². The number of hydrogen-bond donors (Lipinski definition) is 0. The lowest BCUT2D eigenvalue weighted by Crippen LogP contribution is -2.48. The molecule has 0 unspecified atom stereocenters. The summed E-state index contributed by atoms with van der Waals surface area (Å²) >= 11 is 6.21. The molecule has 0 radical (unpaired) electrons. The zero-order valence-electron chi connectivity index (χ0n) is 17.1. The van der Waals surface area contributed by atoms with Crippen LogP contribution in [0.25, 0.3) is 11.3 Å². The van der Waals surface area contributed by atoms with Gasteiger partial charge in [0.1, 0.15) is 0 Å². The molecule has 0 saturated carbocycles. The largest absolute Gasteiger partial charge is 0.441 e. The highest BCUT2D eigenvalue weighted by Gasteiger charge is 2.21. The molecule has 1 aliphatic heterocycles. The van der Waals surface area contributed by atoms with E-state index in [2.05, 4.69) is 16.0 Å². The fourth-order valence-electron chi connectivity index (χ4n) is 3.68. The topological polar surface area (TPSA) is 73.4 Å². The number of hydrogen-bond acceptors (Lipinski definition) is 5. The number of rotatable bonds is 6. The van der Waals surface area contributed by atoms with Crippen molar-refractivity contribution in [3.05, 3.63) is 76.8 Å². The number of nitriles is 1. The van der Waals surface area contributed by atoms with E-state index in [1.54, 1.807) is 6.20 Å². The predicted octanol–water partition coefficient (Wildman–Crippen LogP) is 4.14. The highest BCUT2D eigenvalue weighted by Crippen LogP contribution is 2.28. The fraction of sp³-hybridized carbons (Fsp3) is 0.292. The zero-order valence-corrected chi connectivity index (χ0v) is 17.9. The average Bonchev–Trinajstić information content (AvgIpc) is 3.27. The number of benzene rings is 2. The van der Waals surface area contributed by atoms with Gasteiger partial charge in [-0.3, -0.25) is 9.69 Å². The maximum absolute atomic E-state index is 12.6. The lowest BCUT2D eigenvalue weighted by Gasteiger charge is -2.34. The monoisotopic (exact) mass is 434 g/mol. The summed E-state index contributed by atoms with van der Waals surface area (Å²) in [7, 11) is 0. The van der Waals surface area contributed by atoms with E-state index in [0.717, 1.165) is 25.2 Å². The van der Waals surface area contributed by atoms with E-state index in [-0.39, 0.29) is 5.91 Å². The van der Waals surface area contributed by atoms with Gasteiger partial charge >= 0.3 is 0 Å². The second-order valence-electron chi connectivity index (χ2n) is 7.56.